The van der Waals surface area contributed by atoms with Gasteiger partial charge in [0.1, 0.15) is 29.2 Å². The maximum atomic E-state index is 13.2. The molecular formula is C51H77F3N8O3S. The quantitative estimate of drug-likeness (QED) is 0.0409. The Morgan fingerprint density at radius 3 is 1.82 bits per heavy atom. The van der Waals surface area contributed by atoms with E-state index in [1.54, 1.807) is 17.6 Å². The molecule has 366 valence electrons. The monoisotopic (exact) mass is 939 g/mol. The minimum atomic E-state index is -0.444. The summed E-state index contributed by atoms with van der Waals surface area (Å²) >= 11 is 1.28. The molecular weight excluding hydrogens is 862 g/mol. The summed E-state index contributed by atoms with van der Waals surface area (Å²) in [5, 5.41) is 20.6. The van der Waals surface area contributed by atoms with Gasteiger partial charge in [-0.1, -0.05) is 89.3 Å². The van der Waals surface area contributed by atoms with Gasteiger partial charge in [-0.05, 0) is 162 Å². The second-order valence-electron chi connectivity index (χ2n) is 17.6. The molecule has 3 atom stereocenters. The lowest BCUT2D eigenvalue weighted by atomic mass is 9.80. The molecule has 0 spiro atoms. The van der Waals surface area contributed by atoms with Gasteiger partial charge in [0.25, 0.3) is 0 Å². The maximum Gasteiger partial charge on any atom is 0.321 e. The number of aromatic nitrogens is 2. The number of nitrogens with zero attached hydrogens (tertiary/aromatic N) is 3. The van der Waals surface area contributed by atoms with E-state index in [-0.39, 0.29) is 47.4 Å². The van der Waals surface area contributed by atoms with E-state index in [2.05, 4.69) is 57.1 Å². The molecule has 11 nitrogen and oxygen atoms in total. The number of aldehydes is 1. The second-order valence-corrected chi connectivity index (χ2v) is 18.4. The van der Waals surface area contributed by atoms with Crippen LogP contribution >= 0.6 is 11.3 Å². The molecule has 15 heteroatoms. The number of aryl methyl sites for hydroxylation is 3. The van der Waals surface area contributed by atoms with Crippen molar-refractivity contribution in [2.24, 2.45) is 17.1 Å². The first kappa shape index (κ1) is 57.4. The van der Waals surface area contributed by atoms with Crippen molar-refractivity contribution in [2.45, 2.75) is 131 Å². The molecule has 1 fully saturated rings. The summed E-state index contributed by atoms with van der Waals surface area (Å²) in [5.74, 6) is -0.355. The number of nitrogens with two attached hydrogens (primary N) is 1. The van der Waals surface area contributed by atoms with Gasteiger partial charge < -0.3 is 31.4 Å². The van der Waals surface area contributed by atoms with Gasteiger partial charge in [-0.15, -0.1) is 10.2 Å². The van der Waals surface area contributed by atoms with Crippen LogP contribution in [0.3, 0.4) is 0 Å². The Labute approximate surface area is 396 Å². The van der Waals surface area contributed by atoms with Crippen molar-refractivity contribution in [3.8, 4) is 0 Å². The Hall–Kier alpha value is -4.70. The SMILES string of the molecule is CCCN.CCCN(CCCc1ccc(F)cc1)C[C@@H]1C[C@H](NC(=O)C(C)(C)C)CC[C@H]1NC(=O)Nc1nncs1.CCCNCCCc1ccc(F)cc1.O=CCCc1ccc(F)cc1. The number of benzene rings is 3. The van der Waals surface area contributed by atoms with Crippen molar-refractivity contribution in [3.05, 3.63) is 112 Å². The fourth-order valence-corrected chi connectivity index (χ4v) is 7.51. The molecule has 1 saturated carbocycles. The lowest BCUT2D eigenvalue weighted by molar-refractivity contribution is -0.129. The summed E-state index contributed by atoms with van der Waals surface area (Å²) in [5.41, 5.74) is 9.51. The highest BCUT2D eigenvalue weighted by atomic mass is 32.1. The van der Waals surface area contributed by atoms with Gasteiger partial charge in [0, 0.05) is 30.5 Å². The standard InChI is InChI=1S/C27H41FN6O2S.C12H18FN.C9H9FO.C3H9N/c1-5-14-34(15-6-7-19-8-10-21(28)11-9-19)17-20-16-22(30-24(35)27(2,3)4)12-13-23(20)31-25(36)32-26-33-29-18-37-26;1-2-9-14-10-3-4-11-5-7-12(13)8-6-11;10-9-5-3-8(4-6-9)2-1-7-11;1-2-3-4/h8-11,18,20,22-23H,5-7,12-17H2,1-4H3,(H,30,35)(H2,31,32,33,36);5-8,14H,2-4,9-10H2,1H3;3-7H,1-2H2;2-4H2,1H3/t20-,22+,23+;;;/m0.../s1. The molecule has 0 bridgehead atoms. The fourth-order valence-electron chi connectivity index (χ4n) is 7.07. The van der Waals surface area contributed by atoms with Crippen LogP contribution in [0, 0.1) is 28.8 Å². The van der Waals surface area contributed by atoms with E-state index < -0.39 is 5.41 Å². The minimum Gasteiger partial charge on any atom is -0.353 e. The molecule has 3 aromatic carbocycles. The highest BCUT2D eigenvalue weighted by Gasteiger charge is 2.35. The van der Waals surface area contributed by atoms with Gasteiger partial charge in [0.05, 0.1) is 0 Å². The first-order valence-corrected chi connectivity index (χ1v) is 24.5. The minimum absolute atomic E-state index is 0.00725. The molecule has 0 unspecified atom stereocenters. The molecule has 0 radical (unpaired) electrons. The lowest BCUT2D eigenvalue weighted by Crippen LogP contribution is -2.53. The van der Waals surface area contributed by atoms with Crippen molar-refractivity contribution >= 4 is 34.7 Å². The number of urea groups is 1. The molecule has 4 aromatic rings. The number of nitrogens with one attached hydrogen (secondary N) is 4. The van der Waals surface area contributed by atoms with E-state index in [4.69, 9.17) is 5.73 Å². The Bertz CT molecular complexity index is 1860. The average molecular weight is 939 g/mol. The summed E-state index contributed by atoms with van der Waals surface area (Å²) in [6.45, 7) is 17.8. The second kappa shape index (κ2) is 33.7. The number of halogens is 3. The van der Waals surface area contributed by atoms with Crippen LogP contribution in [0.2, 0.25) is 0 Å². The van der Waals surface area contributed by atoms with Crippen LogP contribution < -0.4 is 27.0 Å². The van der Waals surface area contributed by atoms with Crippen molar-refractivity contribution in [3.63, 3.8) is 0 Å². The lowest BCUT2D eigenvalue weighted by Gasteiger charge is -2.40. The predicted octanol–water partition coefficient (Wildman–Crippen LogP) is 9.91. The molecule has 1 aliphatic carbocycles. The van der Waals surface area contributed by atoms with Gasteiger partial charge in [-0.25, -0.2) is 18.0 Å². The summed E-state index contributed by atoms with van der Waals surface area (Å²) < 4.78 is 38.1. The number of hydrogen-bond acceptors (Lipinski definition) is 9. The van der Waals surface area contributed by atoms with Crippen LogP contribution in [0.15, 0.2) is 78.3 Å². The Balaban J connectivity index is 0.000000416. The van der Waals surface area contributed by atoms with Crippen LogP contribution in [0.25, 0.3) is 0 Å². The third kappa shape index (κ3) is 25.9. The van der Waals surface area contributed by atoms with Crippen LogP contribution in [0.5, 0.6) is 0 Å². The largest absolute Gasteiger partial charge is 0.353 e. The van der Waals surface area contributed by atoms with E-state index in [0.717, 1.165) is 114 Å². The predicted molar refractivity (Wildman–Crippen MR) is 264 cm³/mol. The maximum absolute atomic E-state index is 13.2. The highest BCUT2D eigenvalue weighted by molar-refractivity contribution is 7.13. The molecule has 1 aromatic heterocycles. The first-order valence-electron chi connectivity index (χ1n) is 23.7. The molecule has 0 aliphatic heterocycles. The van der Waals surface area contributed by atoms with E-state index in [1.165, 1.54) is 59.7 Å². The van der Waals surface area contributed by atoms with Crippen LogP contribution in [-0.4, -0.2) is 84.7 Å². The van der Waals surface area contributed by atoms with Crippen molar-refractivity contribution in [2.75, 3.05) is 44.6 Å². The Morgan fingerprint density at radius 1 is 0.773 bits per heavy atom. The number of anilines is 1. The Kier molecular flexibility index (Phi) is 29.3. The van der Waals surface area contributed by atoms with E-state index >= 15 is 0 Å². The molecule has 1 heterocycles. The van der Waals surface area contributed by atoms with Crippen LogP contribution in [-0.2, 0) is 28.9 Å². The first-order chi connectivity index (χ1) is 31.7. The summed E-state index contributed by atoms with van der Waals surface area (Å²) in [7, 11) is 0. The molecule has 1 aliphatic rings. The van der Waals surface area contributed by atoms with Gasteiger partial charge >= 0.3 is 6.03 Å². The smallest absolute Gasteiger partial charge is 0.321 e. The normalized spacial score (nSPS) is 15.5. The zero-order chi connectivity index (χ0) is 48.6. The molecule has 5 rings (SSSR count). The number of carbonyl (C=O) groups excluding carboxylic acids is 3. The topological polar surface area (TPSA) is 154 Å². The van der Waals surface area contributed by atoms with E-state index in [0.29, 0.717) is 18.0 Å². The van der Waals surface area contributed by atoms with Crippen molar-refractivity contribution in [1.29, 1.82) is 0 Å². The number of carbonyl (C=O) groups is 3. The zero-order valence-electron chi connectivity index (χ0n) is 40.2. The summed E-state index contributed by atoms with van der Waals surface area (Å²) in [6, 6.07) is 19.5. The summed E-state index contributed by atoms with van der Waals surface area (Å²) in [4.78, 5) is 37.8. The fraction of sp³-hybridized carbons (Fsp3) is 0.549. The van der Waals surface area contributed by atoms with Crippen molar-refractivity contribution in [1.82, 2.24) is 31.0 Å². The molecule has 66 heavy (non-hydrogen) atoms. The van der Waals surface area contributed by atoms with Crippen LogP contribution in [0.1, 0.15) is 116 Å². The molecule has 6 N–H and O–H groups in total. The van der Waals surface area contributed by atoms with E-state index in [9.17, 15) is 27.6 Å². The van der Waals surface area contributed by atoms with Gasteiger partial charge in [-0.2, -0.15) is 0 Å². The van der Waals surface area contributed by atoms with Crippen LogP contribution in [0.4, 0.5) is 23.1 Å². The number of amides is 3. The Morgan fingerprint density at radius 2 is 1.33 bits per heavy atom. The third-order valence-corrected chi connectivity index (χ3v) is 11.3. The highest BCUT2D eigenvalue weighted by Crippen LogP contribution is 2.28. The number of rotatable bonds is 21. The van der Waals surface area contributed by atoms with Gasteiger partial charge in [0.15, 0.2) is 0 Å². The third-order valence-electron chi connectivity index (χ3n) is 10.7. The zero-order valence-corrected chi connectivity index (χ0v) is 41.0. The van der Waals surface area contributed by atoms with Crippen molar-refractivity contribution < 1.29 is 27.6 Å². The van der Waals surface area contributed by atoms with Gasteiger partial charge in [-0.3, -0.25) is 10.1 Å². The van der Waals surface area contributed by atoms with E-state index in [1.807, 2.05) is 45.0 Å². The van der Waals surface area contributed by atoms with Gasteiger partial charge in [0.2, 0.25) is 11.0 Å². The number of hydrogen-bond donors (Lipinski definition) is 5. The average Bonchev–Trinajstić information content (AvgIpc) is 3.81. The molecule has 0 saturated heterocycles. The molecule has 3 amide bonds. The summed E-state index contributed by atoms with van der Waals surface area (Å²) in [6.07, 6.45) is 11.8.